The smallest absolute Gasteiger partial charge is 0.315 e. The van der Waals surface area contributed by atoms with Gasteiger partial charge in [-0.2, -0.15) is 0 Å². The Bertz CT molecular complexity index is 1290. The van der Waals surface area contributed by atoms with Crippen LogP contribution in [0.3, 0.4) is 0 Å². The highest BCUT2D eigenvalue weighted by Crippen LogP contribution is 2.23. The summed E-state index contributed by atoms with van der Waals surface area (Å²) in [6.45, 7) is 1.69. The first-order valence-corrected chi connectivity index (χ1v) is 10.1. The second kappa shape index (κ2) is 9.80. The number of ether oxygens (including phenoxy) is 1. The molecule has 3 aromatic rings. The Morgan fingerprint density at radius 2 is 2.03 bits per heavy atom. The second-order valence-electron chi connectivity index (χ2n) is 6.81. The largest absolute Gasteiger partial charge is 0.468 e. The van der Waals surface area contributed by atoms with Gasteiger partial charge in [0.05, 0.1) is 18.1 Å². The number of anilines is 1. The van der Waals surface area contributed by atoms with E-state index in [0.717, 1.165) is 7.11 Å². The summed E-state index contributed by atoms with van der Waals surface area (Å²) in [5.41, 5.74) is 0.598. The Hall–Kier alpha value is -3.43. The molecule has 0 fully saturated rings. The number of benzene rings is 2. The summed E-state index contributed by atoms with van der Waals surface area (Å²) in [5, 5.41) is 15.9. The van der Waals surface area contributed by atoms with Crippen molar-refractivity contribution in [3.8, 4) is 0 Å². The number of hydrogen-bond acceptors (Lipinski definition) is 7. The number of rotatable bonds is 6. The van der Waals surface area contributed by atoms with E-state index >= 15 is 0 Å². The Morgan fingerprint density at radius 1 is 1.28 bits per heavy atom. The summed E-state index contributed by atoms with van der Waals surface area (Å²) in [5.74, 6) is -3.15. The molecule has 9 nitrogen and oxygen atoms in total. The third kappa shape index (κ3) is 4.90. The van der Waals surface area contributed by atoms with Crippen LogP contribution in [0.5, 0.6) is 0 Å². The third-order valence-electron chi connectivity index (χ3n) is 4.79. The topological polar surface area (TPSA) is 134 Å². The molecule has 0 saturated heterocycles. The van der Waals surface area contributed by atoms with Crippen molar-refractivity contribution in [3.63, 3.8) is 0 Å². The van der Waals surface area contributed by atoms with Crippen LogP contribution in [0.2, 0.25) is 10.0 Å². The molecule has 0 saturated carbocycles. The van der Waals surface area contributed by atoms with E-state index in [9.17, 15) is 19.6 Å². The van der Waals surface area contributed by atoms with Gasteiger partial charge in [-0.15, -0.1) is 0 Å². The van der Waals surface area contributed by atoms with Crippen molar-refractivity contribution in [3.05, 3.63) is 68.1 Å². The van der Waals surface area contributed by atoms with Crippen LogP contribution in [0.4, 0.5) is 5.69 Å². The minimum atomic E-state index is -1.40. The molecule has 0 unspecified atom stereocenters. The molecule has 166 valence electrons. The normalized spacial score (nSPS) is 12.4. The van der Waals surface area contributed by atoms with Gasteiger partial charge in [-0.1, -0.05) is 34.4 Å². The molecule has 3 N–H and O–H groups in total. The molecular weight excluding hydrogens is 459 g/mol. The van der Waals surface area contributed by atoms with Crippen LogP contribution in [-0.2, 0) is 20.7 Å². The molecule has 0 bridgehead atoms. The summed E-state index contributed by atoms with van der Waals surface area (Å²) in [6, 6.07) is 9.60. The van der Waals surface area contributed by atoms with Crippen molar-refractivity contribution in [1.29, 1.82) is 0 Å². The number of halogens is 2. The van der Waals surface area contributed by atoms with Crippen LogP contribution in [-0.4, -0.2) is 39.9 Å². The van der Waals surface area contributed by atoms with Crippen LogP contribution in [0.1, 0.15) is 11.3 Å². The number of H-pyrrole nitrogens is 1. The lowest BCUT2D eigenvalue weighted by Crippen LogP contribution is -2.38. The highest BCUT2D eigenvalue weighted by Gasteiger charge is 2.33. The van der Waals surface area contributed by atoms with E-state index in [4.69, 9.17) is 27.9 Å². The molecule has 2 aromatic carbocycles. The van der Waals surface area contributed by atoms with E-state index in [0.29, 0.717) is 32.3 Å². The van der Waals surface area contributed by atoms with Crippen molar-refractivity contribution in [2.75, 3.05) is 12.4 Å². The second-order valence-corrected chi connectivity index (χ2v) is 7.65. The molecule has 11 heteroatoms. The summed E-state index contributed by atoms with van der Waals surface area (Å²) >= 11 is 12.0. The van der Waals surface area contributed by atoms with Crippen molar-refractivity contribution in [1.82, 2.24) is 9.97 Å². The standard InChI is InChI=1S/C21H18Cl2N4O5/c1-10-13(23)4-3-5-14(10)25-20(29)18(27-31)12(21(30)32-2)9-17-19(28)26-16-8-11(22)6-7-15(16)24-17/h3-8,12,31H,9H2,1-2H3,(H,25,29)(H,26,28)/b27-18+/t12-/m0/s1. The quantitative estimate of drug-likeness (QED) is 0.216. The van der Waals surface area contributed by atoms with E-state index < -0.39 is 29.1 Å². The van der Waals surface area contributed by atoms with Crippen LogP contribution < -0.4 is 10.9 Å². The van der Waals surface area contributed by atoms with Gasteiger partial charge < -0.3 is 20.2 Å². The van der Waals surface area contributed by atoms with Gasteiger partial charge in [0, 0.05) is 22.2 Å². The van der Waals surface area contributed by atoms with Crippen molar-refractivity contribution in [2.45, 2.75) is 13.3 Å². The predicted octanol–water partition coefficient (Wildman–Crippen LogP) is 3.34. The molecule has 0 aliphatic rings. The fourth-order valence-corrected chi connectivity index (χ4v) is 3.41. The number of oxime groups is 1. The number of aromatic nitrogens is 2. The number of amides is 1. The number of methoxy groups -OCH3 is 1. The first-order chi connectivity index (χ1) is 15.2. The van der Waals surface area contributed by atoms with E-state index in [-0.39, 0.29) is 12.1 Å². The zero-order chi connectivity index (χ0) is 23.4. The predicted molar refractivity (Wildman–Crippen MR) is 121 cm³/mol. The lowest BCUT2D eigenvalue weighted by molar-refractivity contribution is -0.143. The SMILES string of the molecule is COC(=O)[C@@H](Cc1nc2ccc(Cl)cc2[nH]c1=O)/C(=N\O)C(=O)Nc1cccc(Cl)c1C. The molecule has 0 aliphatic heterocycles. The van der Waals surface area contributed by atoms with Gasteiger partial charge in [-0.05, 0) is 42.8 Å². The van der Waals surface area contributed by atoms with E-state index in [1.807, 2.05) is 0 Å². The van der Waals surface area contributed by atoms with Crippen molar-refractivity contribution >= 4 is 57.5 Å². The third-order valence-corrected chi connectivity index (χ3v) is 5.44. The number of carbonyl (C=O) groups excluding carboxylic acids is 2. The monoisotopic (exact) mass is 476 g/mol. The Balaban J connectivity index is 1.95. The molecule has 32 heavy (non-hydrogen) atoms. The van der Waals surface area contributed by atoms with Gasteiger partial charge in [0.25, 0.3) is 11.5 Å². The molecule has 0 aliphatic carbocycles. The molecule has 0 spiro atoms. The molecule has 1 amide bonds. The molecule has 1 atom stereocenters. The van der Waals surface area contributed by atoms with E-state index in [1.165, 1.54) is 6.07 Å². The average Bonchev–Trinajstić information content (AvgIpc) is 2.76. The minimum Gasteiger partial charge on any atom is -0.468 e. The molecule has 3 rings (SSSR count). The summed E-state index contributed by atoms with van der Waals surface area (Å²) in [6.07, 6.45) is -0.345. The van der Waals surface area contributed by atoms with Gasteiger partial charge >= 0.3 is 5.97 Å². The van der Waals surface area contributed by atoms with E-state index in [1.54, 1.807) is 37.3 Å². The average molecular weight is 477 g/mol. The zero-order valence-corrected chi connectivity index (χ0v) is 18.5. The number of esters is 1. The number of carbonyl (C=O) groups is 2. The first kappa shape index (κ1) is 23.2. The number of hydrogen-bond donors (Lipinski definition) is 3. The van der Waals surface area contributed by atoms with E-state index in [2.05, 4.69) is 20.4 Å². The summed E-state index contributed by atoms with van der Waals surface area (Å²) in [7, 11) is 1.11. The van der Waals surface area contributed by atoms with Crippen LogP contribution in [0.15, 0.2) is 46.3 Å². The van der Waals surface area contributed by atoms with Gasteiger partial charge in [-0.3, -0.25) is 14.4 Å². The van der Waals surface area contributed by atoms with Crippen LogP contribution in [0, 0.1) is 12.8 Å². The molecule has 1 aromatic heterocycles. The summed E-state index contributed by atoms with van der Waals surface area (Å²) < 4.78 is 4.76. The number of nitrogens with zero attached hydrogens (tertiary/aromatic N) is 2. The summed E-state index contributed by atoms with van der Waals surface area (Å²) in [4.78, 5) is 44.7. The minimum absolute atomic E-state index is 0.0527. The molecular formula is C21H18Cl2N4O5. The van der Waals surface area contributed by atoms with Gasteiger partial charge in [0.15, 0.2) is 5.71 Å². The highest BCUT2D eigenvalue weighted by atomic mass is 35.5. The van der Waals surface area contributed by atoms with Gasteiger partial charge in [-0.25, -0.2) is 4.98 Å². The Labute approximate surface area is 192 Å². The fraction of sp³-hybridized carbons (Fsp3) is 0.190. The maximum atomic E-state index is 12.8. The van der Waals surface area contributed by atoms with Crippen molar-refractivity contribution < 1.29 is 19.5 Å². The lowest BCUT2D eigenvalue weighted by Gasteiger charge is -2.16. The van der Waals surface area contributed by atoms with Crippen LogP contribution in [0.25, 0.3) is 11.0 Å². The molecule has 0 radical (unpaired) electrons. The number of aromatic amines is 1. The van der Waals surface area contributed by atoms with Crippen LogP contribution >= 0.6 is 23.2 Å². The maximum Gasteiger partial charge on any atom is 0.315 e. The number of fused-ring (bicyclic) bond motifs is 1. The first-order valence-electron chi connectivity index (χ1n) is 9.29. The van der Waals surface area contributed by atoms with Gasteiger partial charge in [0.1, 0.15) is 11.6 Å². The van der Waals surface area contributed by atoms with Crippen molar-refractivity contribution in [2.24, 2.45) is 11.1 Å². The Morgan fingerprint density at radius 3 is 2.72 bits per heavy atom. The Kier molecular flexibility index (Phi) is 7.12. The zero-order valence-electron chi connectivity index (χ0n) is 17.0. The lowest BCUT2D eigenvalue weighted by atomic mass is 9.96. The fourth-order valence-electron chi connectivity index (χ4n) is 3.06. The number of nitrogens with one attached hydrogen (secondary N) is 2. The molecule has 1 heterocycles. The maximum absolute atomic E-state index is 12.8. The highest BCUT2D eigenvalue weighted by molar-refractivity contribution is 6.46. The van der Waals surface area contributed by atoms with Gasteiger partial charge in [0.2, 0.25) is 0 Å².